The van der Waals surface area contributed by atoms with Crippen LogP contribution in [0, 0.1) is 6.92 Å². The molecule has 1 aromatic heterocycles. The van der Waals surface area contributed by atoms with Crippen LogP contribution in [-0.2, 0) is 0 Å². The number of rotatable bonds is 4. The van der Waals surface area contributed by atoms with Gasteiger partial charge in [-0.3, -0.25) is 5.01 Å². The average molecular weight is 413 g/mol. The zero-order chi connectivity index (χ0) is 20.5. The maximum atomic E-state index is 6.03. The predicted octanol–water partition coefficient (Wildman–Crippen LogP) is 6.19. The maximum absolute atomic E-state index is 6.03. The summed E-state index contributed by atoms with van der Waals surface area (Å²) < 4.78 is 1.89. The first-order valence-electron chi connectivity index (χ1n) is 9.97. The molecule has 0 fully saturated rings. The molecule has 3 aromatic carbocycles. The molecule has 1 unspecified atom stereocenters. The second-order valence-corrected chi connectivity index (χ2v) is 7.94. The van der Waals surface area contributed by atoms with E-state index < -0.39 is 0 Å². The first-order chi connectivity index (χ1) is 14.7. The van der Waals surface area contributed by atoms with Gasteiger partial charge in [-0.25, -0.2) is 4.68 Å². The van der Waals surface area contributed by atoms with E-state index in [0.29, 0.717) is 5.02 Å². The molecule has 1 aliphatic heterocycles. The van der Waals surface area contributed by atoms with Crippen LogP contribution in [0.5, 0.6) is 0 Å². The van der Waals surface area contributed by atoms with Gasteiger partial charge in [-0.15, -0.1) is 0 Å². The number of hydrogen-bond donors (Lipinski definition) is 0. The maximum Gasteiger partial charge on any atom is 0.0862 e. The summed E-state index contributed by atoms with van der Waals surface area (Å²) in [5.74, 6) is 0. The van der Waals surface area contributed by atoms with Gasteiger partial charge in [0.2, 0.25) is 0 Å². The van der Waals surface area contributed by atoms with E-state index in [-0.39, 0.29) is 6.04 Å². The highest BCUT2D eigenvalue weighted by molar-refractivity contribution is 6.30. The number of anilines is 1. The molecule has 30 heavy (non-hydrogen) atoms. The standard InChI is InChI=1S/C25H21ClN4/c1-18-7-11-23(12-8-18)30-25(15-24(28-30)19-5-3-2-4-6-19)20-16-27-29(17-20)22-13-9-21(26)10-14-22/h2-14,16-17,25H,15H2,1H3. The topological polar surface area (TPSA) is 33.4 Å². The lowest BCUT2D eigenvalue weighted by atomic mass is 10.0. The molecular formula is C25H21ClN4. The molecule has 2 heterocycles. The molecule has 0 N–H and O–H groups in total. The number of nitrogens with zero attached hydrogens (tertiary/aromatic N) is 4. The molecule has 148 valence electrons. The number of benzene rings is 3. The Labute approximate surface area is 181 Å². The van der Waals surface area contributed by atoms with E-state index >= 15 is 0 Å². The molecule has 0 saturated carbocycles. The summed E-state index contributed by atoms with van der Waals surface area (Å²) in [5, 5.41) is 12.4. The van der Waals surface area contributed by atoms with Gasteiger partial charge in [0.25, 0.3) is 0 Å². The minimum Gasteiger partial charge on any atom is -0.257 e. The zero-order valence-electron chi connectivity index (χ0n) is 16.6. The number of hydrogen-bond acceptors (Lipinski definition) is 3. The SMILES string of the molecule is Cc1ccc(N2N=C(c3ccccc3)CC2c2cnn(-c3ccc(Cl)cc3)c2)cc1. The van der Waals surface area contributed by atoms with Crippen molar-refractivity contribution in [3.63, 3.8) is 0 Å². The van der Waals surface area contributed by atoms with Gasteiger partial charge >= 0.3 is 0 Å². The Kier molecular flexibility index (Phi) is 4.85. The monoisotopic (exact) mass is 412 g/mol. The molecule has 0 saturated heterocycles. The normalized spacial score (nSPS) is 16.0. The molecule has 4 aromatic rings. The van der Waals surface area contributed by atoms with Gasteiger partial charge in [-0.05, 0) is 48.9 Å². The average Bonchev–Trinajstić information content (AvgIpc) is 3.43. The molecule has 0 spiro atoms. The Morgan fingerprint density at radius 3 is 2.30 bits per heavy atom. The second-order valence-electron chi connectivity index (χ2n) is 7.51. The fraction of sp³-hybridized carbons (Fsp3) is 0.120. The number of aromatic nitrogens is 2. The van der Waals surface area contributed by atoms with Crippen LogP contribution >= 0.6 is 11.6 Å². The first-order valence-corrected chi connectivity index (χ1v) is 10.3. The highest BCUT2D eigenvalue weighted by Gasteiger charge is 2.31. The van der Waals surface area contributed by atoms with Crippen LogP contribution in [0.25, 0.3) is 5.69 Å². The molecule has 0 aliphatic carbocycles. The molecular weight excluding hydrogens is 392 g/mol. The fourth-order valence-electron chi connectivity index (χ4n) is 3.75. The summed E-state index contributed by atoms with van der Waals surface area (Å²) in [6, 6.07) is 26.7. The molecule has 1 aliphatic rings. The van der Waals surface area contributed by atoms with Crippen molar-refractivity contribution in [3.05, 3.63) is 113 Å². The van der Waals surface area contributed by atoms with E-state index in [1.165, 1.54) is 5.56 Å². The summed E-state index contributed by atoms with van der Waals surface area (Å²) in [7, 11) is 0. The van der Waals surface area contributed by atoms with Crippen molar-refractivity contribution in [1.82, 2.24) is 9.78 Å². The summed E-state index contributed by atoms with van der Waals surface area (Å²) in [5.41, 5.74) is 6.66. The van der Waals surface area contributed by atoms with Gasteiger partial charge in [0.1, 0.15) is 0 Å². The summed E-state index contributed by atoms with van der Waals surface area (Å²) in [6.07, 6.45) is 4.84. The van der Waals surface area contributed by atoms with Crippen LogP contribution in [0.3, 0.4) is 0 Å². The molecule has 0 bridgehead atoms. The van der Waals surface area contributed by atoms with Gasteiger partial charge in [0.05, 0.1) is 29.3 Å². The van der Waals surface area contributed by atoms with E-state index in [1.54, 1.807) is 0 Å². The lowest BCUT2D eigenvalue weighted by molar-refractivity contribution is 0.708. The van der Waals surface area contributed by atoms with E-state index in [2.05, 4.69) is 71.8 Å². The van der Waals surface area contributed by atoms with Gasteiger partial charge in [0.15, 0.2) is 0 Å². The highest BCUT2D eigenvalue weighted by Crippen LogP contribution is 2.36. The molecule has 1 atom stereocenters. The van der Waals surface area contributed by atoms with Crippen LogP contribution < -0.4 is 5.01 Å². The van der Waals surface area contributed by atoms with Crippen molar-refractivity contribution in [2.45, 2.75) is 19.4 Å². The van der Waals surface area contributed by atoms with Crippen LogP contribution in [0.2, 0.25) is 5.02 Å². The second kappa shape index (κ2) is 7.81. The lowest BCUT2D eigenvalue weighted by Crippen LogP contribution is -2.18. The van der Waals surface area contributed by atoms with Crippen LogP contribution in [0.4, 0.5) is 5.69 Å². The number of halogens is 1. The molecule has 4 nitrogen and oxygen atoms in total. The van der Waals surface area contributed by atoms with Crippen LogP contribution in [0.15, 0.2) is 96.4 Å². The van der Waals surface area contributed by atoms with E-state index in [0.717, 1.165) is 34.6 Å². The lowest BCUT2D eigenvalue weighted by Gasteiger charge is -2.22. The van der Waals surface area contributed by atoms with Crippen LogP contribution in [0.1, 0.15) is 29.2 Å². The minimum absolute atomic E-state index is 0.0870. The van der Waals surface area contributed by atoms with Crippen molar-refractivity contribution in [3.8, 4) is 5.69 Å². The number of hydrazone groups is 1. The smallest absolute Gasteiger partial charge is 0.0862 e. The Bertz CT molecular complexity index is 1180. The third kappa shape index (κ3) is 3.62. The summed E-state index contributed by atoms with van der Waals surface area (Å²) >= 11 is 6.03. The van der Waals surface area contributed by atoms with Gasteiger partial charge in [0, 0.05) is 23.2 Å². The summed E-state index contributed by atoms with van der Waals surface area (Å²) in [6.45, 7) is 2.10. The van der Waals surface area contributed by atoms with Crippen molar-refractivity contribution in [2.24, 2.45) is 5.10 Å². The minimum atomic E-state index is 0.0870. The predicted molar refractivity (Wildman–Crippen MR) is 123 cm³/mol. The Morgan fingerprint density at radius 2 is 1.57 bits per heavy atom. The first kappa shape index (κ1) is 18.6. The Morgan fingerprint density at radius 1 is 0.867 bits per heavy atom. The van der Waals surface area contributed by atoms with Crippen LogP contribution in [-0.4, -0.2) is 15.5 Å². The van der Waals surface area contributed by atoms with E-state index in [9.17, 15) is 0 Å². The third-order valence-electron chi connectivity index (χ3n) is 5.39. The van der Waals surface area contributed by atoms with E-state index in [1.807, 2.05) is 41.2 Å². The largest absolute Gasteiger partial charge is 0.257 e. The number of aryl methyl sites for hydroxylation is 1. The van der Waals surface area contributed by atoms with Crippen molar-refractivity contribution in [1.29, 1.82) is 0 Å². The molecule has 0 amide bonds. The quantitative estimate of drug-likeness (QED) is 0.400. The van der Waals surface area contributed by atoms with Gasteiger partial charge < -0.3 is 0 Å². The fourth-order valence-corrected chi connectivity index (χ4v) is 3.88. The van der Waals surface area contributed by atoms with Crippen molar-refractivity contribution >= 4 is 23.0 Å². The van der Waals surface area contributed by atoms with Gasteiger partial charge in [-0.2, -0.15) is 10.2 Å². The van der Waals surface area contributed by atoms with E-state index in [4.69, 9.17) is 16.7 Å². The zero-order valence-corrected chi connectivity index (χ0v) is 17.4. The Hall–Kier alpha value is -3.37. The third-order valence-corrected chi connectivity index (χ3v) is 5.65. The molecule has 0 radical (unpaired) electrons. The molecule has 5 rings (SSSR count). The Balaban J connectivity index is 1.51. The molecule has 5 heteroatoms. The highest BCUT2D eigenvalue weighted by atomic mass is 35.5. The van der Waals surface area contributed by atoms with Crippen molar-refractivity contribution < 1.29 is 0 Å². The van der Waals surface area contributed by atoms with Crippen molar-refractivity contribution in [2.75, 3.05) is 5.01 Å². The summed E-state index contributed by atoms with van der Waals surface area (Å²) in [4.78, 5) is 0. The van der Waals surface area contributed by atoms with Gasteiger partial charge in [-0.1, -0.05) is 59.6 Å².